The molecule has 3 aromatic rings. The van der Waals surface area contributed by atoms with Gasteiger partial charge in [-0.25, -0.2) is 0 Å². The number of aromatic nitrogens is 2. The van der Waals surface area contributed by atoms with E-state index in [4.69, 9.17) is 21.1 Å². The van der Waals surface area contributed by atoms with Crippen LogP contribution in [0, 0.1) is 0 Å². The SMILES string of the molecule is O=C(Nc1ccccc1)c1ccc(NCc2cc(Cl)c3c(c2)OCCCO3)nn1. The van der Waals surface area contributed by atoms with E-state index in [-0.39, 0.29) is 11.6 Å². The van der Waals surface area contributed by atoms with E-state index in [1.165, 1.54) is 0 Å². The molecule has 2 heterocycles. The van der Waals surface area contributed by atoms with E-state index in [0.29, 0.717) is 47.8 Å². The van der Waals surface area contributed by atoms with Crippen molar-refractivity contribution in [1.29, 1.82) is 0 Å². The van der Waals surface area contributed by atoms with Gasteiger partial charge in [-0.2, -0.15) is 0 Å². The lowest BCUT2D eigenvalue weighted by molar-refractivity contribution is 0.102. The quantitative estimate of drug-likeness (QED) is 0.657. The Balaban J connectivity index is 1.39. The van der Waals surface area contributed by atoms with Crippen molar-refractivity contribution in [2.75, 3.05) is 23.8 Å². The van der Waals surface area contributed by atoms with Crippen molar-refractivity contribution in [3.63, 3.8) is 0 Å². The molecule has 29 heavy (non-hydrogen) atoms. The van der Waals surface area contributed by atoms with E-state index < -0.39 is 0 Å². The number of amides is 1. The molecular formula is C21H19ClN4O3. The number of hydrogen-bond donors (Lipinski definition) is 2. The zero-order valence-corrected chi connectivity index (χ0v) is 16.3. The molecule has 4 rings (SSSR count). The van der Waals surface area contributed by atoms with Crippen molar-refractivity contribution >= 4 is 29.0 Å². The molecule has 0 saturated heterocycles. The fraction of sp³-hybridized carbons (Fsp3) is 0.190. The molecule has 1 aliphatic rings. The molecule has 0 radical (unpaired) electrons. The van der Waals surface area contributed by atoms with E-state index in [1.54, 1.807) is 12.1 Å². The van der Waals surface area contributed by atoms with Crippen LogP contribution in [-0.4, -0.2) is 29.3 Å². The lowest BCUT2D eigenvalue weighted by Crippen LogP contribution is -2.14. The Morgan fingerprint density at radius 2 is 1.86 bits per heavy atom. The molecule has 0 aliphatic carbocycles. The van der Waals surface area contributed by atoms with E-state index >= 15 is 0 Å². The molecule has 7 nitrogen and oxygen atoms in total. The highest BCUT2D eigenvalue weighted by Gasteiger charge is 2.15. The molecule has 2 aromatic carbocycles. The minimum Gasteiger partial charge on any atom is -0.489 e. The van der Waals surface area contributed by atoms with E-state index in [0.717, 1.165) is 12.0 Å². The van der Waals surface area contributed by atoms with Crippen LogP contribution in [0.25, 0.3) is 0 Å². The van der Waals surface area contributed by atoms with Crippen LogP contribution >= 0.6 is 11.6 Å². The van der Waals surface area contributed by atoms with Gasteiger partial charge in [0.25, 0.3) is 5.91 Å². The van der Waals surface area contributed by atoms with Gasteiger partial charge in [-0.1, -0.05) is 29.8 Å². The monoisotopic (exact) mass is 410 g/mol. The molecule has 1 amide bonds. The number of nitrogens with zero attached hydrogens (tertiary/aromatic N) is 2. The number of anilines is 2. The minimum absolute atomic E-state index is 0.234. The standard InChI is InChI=1S/C21H19ClN4O3/c22-16-11-14(12-18-20(16)29-10-4-9-28-18)13-23-19-8-7-17(25-26-19)21(27)24-15-5-2-1-3-6-15/h1-3,5-8,11-12H,4,9-10,13H2,(H,23,26)(H,24,27). The van der Waals surface area contributed by atoms with Gasteiger partial charge in [-0.3, -0.25) is 4.79 Å². The van der Waals surface area contributed by atoms with Crippen LogP contribution in [0.4, 0.5) is 11.5 Å². The minimum atomic E-state index is -0.315. The summed E-state index contributed by atoms with van der Waals surface area (Å²) in [6.45, 7) is 1.66. The third-order valence-corrected chi connectivity index (χ3v) is 4.55. The molecule has 1 aromatic heterocycles. The Bertz CT molecular complexity index is 997. The van der Waals surface area contributed by atoms with Gasteiger partial charge in [0.05, 0.1) is 18.2 Å². The molecule has 148 valence electrons. The summed E-state index contributed by atoms with van der Waals surface area (Å²) in [6, 6.07) is 16.2. The maximum absolute atomic E-state index is 12.2. The molecule has 1 aliphatic heterocycles. The highest BCUT2D eigenvalue weighted by molar-refractivity contribution is 6.32. The average Bonchev–Trinajstić information content (AvgIpc) is 2.99. The van der Waals surface area contributed by atoms with Gasteiger partial charge in [0.2, 0.25) is 0 Å². The zero-order valence-electron chi connectivity index (χ0n) is 15.5. The summed E-state index contributed by atoms with van der Waals surface area (Å²) in [5, 5.41) is 14.5. The average molecular weight is 411 g/mol. The predicted molar refractivity (Wildman–Crippen MR) is 111 cm³/mol. The smallest absolute Gasteiger partial charge is 0.276 e. The largest absolute Gasteiger partial charge is 0.489 e. The second-order valence-electron chi connectivity index (χ2n) is 6.43. The summed E-state index contributed by atoms with van der Waals surface area (Å²) in [5.74, 6) is 1.46. The number of fused-ring (bicyclic) bond motifs is 1. The van der Waals surface area contributed by atoms with Crippen LogP contribution < -0.4 is 20.1 Å². The van der Waals surface area contributed by atoms with Gasteiger partial charge < -0.3 is 20.1 Å². The highest BCUT2D eigenvalue weighted by Crippen LogP contribution is 2.38. The van der Waals surface area contributed by atoms with Gasteiger partial charge in [0.15, 0.2) is 17.2 Å². The summed E-state index contributed by atoms with van der Waals surface area (Å²) in [6.07, 6.45) is 0.818. The molecule has 0 atom stereocenters. The Hall–Kier alpha value is -3.32. The van der Waals surface area contributed by atoms with Crippen LogP contribution in [0.3, 0.4) is 0 Å². The number of para-hydroxylation sites is 1. The van der Waals surface area contributed by atoms with Gasteiger partial charge in [0, 0.05) is 18.7 Å². The summed E-state index contributed by atoms with van der Waals surface area (Å²) in [4.78, 5) is 12.2. The Labute approximate surface area is 173 Å². The maximum Gasteiger partial charge on any atom is 0.276 e. The molecule has 0 fully saturated rings. The van der Waals surface area contributed by atoms with Crippen molar-refractivity contribution in [2.45, 2.75) is 13.0 Å². The molecule has 2 N–H and O–H groups in total. The van der Waals surface area contributed by atoms with Crippen LogP contribution in [0.1, 0.15) is 22.5 Å². The number of rotatable bonds is 5. The summed E-state index contributed by atoms with van der Waals surface area (Å²) >= 11 is 6.32. The molecule has 0 bridgehead atoms. The first kappa shape index (κ1) is 19.0. The number of benzene rings is 2. The molecule has 0 spiro atoms. The topological polar surface area (TPSA) is 85.4 Å². The van der Waals surface area contributed by atoms with Crippen molar-refractivity contribution in [2.24, 2.45) is 0 Å². The number of carbonyl (C=O) groups is 1. The fourth-order valence-electron chi connectivity index (χ4n) is 2.84. The first-order chi connectivity index (χ1) is 14.2. The number of ether oxygens (including phenoxy) is 2. The number of halogens is 1. The first-order valence-electron chi connectivity index (χ1n) is 9.21. The third kappa shape index (κ3) is 4.75. The molecule has 8 heteroatoms. The fourth-order valence-corrected chi connectivity index (χ4v) is 3.13. The van der Waals surface area contributed by atoms with Crippen molar-refractivity contribution in [3.8, 4) is 11.5 Å². The van der Waals surface area contributed by atoms with E-state index in [1.807, 2.05) is 42.5 Å². The van der Waals surface area contributed by atoms with Crippen molar-refractivity contribution in [3.05, 3.63) is 70.9 Å². The van der Waals surface area contributed by atoms with Crippen molar-refractivity contribution < 1.29 is 14.3 Å². The van der Waals surface area contributed by atoms with Crippen LogP contribution in [0.15, 0.2) is 54.6 Å². The Morgan fingerprint density at radius 3 is 2.66 bits per heavy atom. The van der Waals surface area contributed by atoms with E-state index in [2.05, 4.69) is 20.8 Å². The lowest BCUT2D eigenvalue weighted by Gasteiger charge is -2.12. The second-order valence-corrected chi connectivity index (χ2v) is 6.84. The summed E-state index contributed by atoms with van der Waals surface area (Å²) < 4.78 is 11.3. The summed E-state index contributed by atoms with van der Waals surface area (Å²) in [7, 11) is 0. The van der Waals surface area contributed by atoms with Gasteiger partial charge >= 0.3 is 0 Å². The van der Waals surface area contributed by atoms with Crippen LogP contribution in [-0.2, 0) is 6.54 Å². The number of nitrogens with one attached hydrogen (secondary N) is 2. The van der Waals surface area contributed by atoms with Gasteiger partial charge in [-0.15, -0.1) is 10.2 Å². The van der Waals surface area contributed by atoms with Crippen LogP contribution in [0.5, 0.6) is 11.5 Å². The van der Waals surface area contributed by atoms with E-state index in [9.17, 15) is 4.79 Å². The second kappa shape index (κ2) is 8.79. The Morgan fingerprint density at radius 1 is 1.03 bits per heavy atom. The predicted octanol–water partition coefficient (Wildman–Crippen LogP) is 4.16. The maximum atomic E-state index is 12.2. The lowest BCUT2D eigenvalue weighted by atomic mass is 10.2. The van der Waals surface area contributed by atoms with Crippen molar-refractivity contribution in [1.82, 2.24) is 10.2 Å². The molecule has 0 unspecified atom stereocenters. The number of hydrogen-bond acceptors (Lipinski definition) is 6. The number of carbonyl (C=O) groups excluding carboxylic acids is 1. The van der Waals surface area contributed by atoms with Gasteiger partial charge in [-0.05, 0) is 42.0 Å². The van der Waals surface area contributed by atoms with Crippen LogP contribution in [0.2, 0.25) is 5.02 Å². The normalized spacial score (nSPS) is 12.7. The first-order valence-corrected chi connectivity index (χ1v) is 9.59. The Kier molecular flexibility index (Phi) is 5.76. The van der Waals surface area contributed by atoms with Gasteiger partial charge in [0.1, 0.15) is 5.82 Å². The summed E-state index contributed by atoms with van der Waals surface area (Å²) in [5.41, 5.74) is 1.86. The highest BCUT2D eigenvalue weighted by atomic mass is 35.5. The molecule has 0 saturated carbocycles. The molecular weight excluding hydrogens is 392 g/mol. The third-order valence-electron chi connectivity index (χ3n) is 4.26. The zero-order chi connectivity index (χ0) is 20.1.